The van der Waals surface area contributed by atoms with E-state index in [0.29, 0.717) is 22.8 Å². The van der Waals surface area contributed by atoms with Crippen LogP contribution in [0.2, 0.25) is 0 Å². The van der Waals surface area contributed by atoms with Gasteiger partial charge in [-0.1, -0.05) is 18.7 Å². The van der Waals surface area contributed by atoms with Gasteiger partial charge in [-0.25, -0.2) is 4.39 Å². The number of halogens is 1. The van der Waals surface area contributed by atoms with Crippen LogP contribution in [-0.4, -0.2) is 10.9 Å². The molecule has 0 bridgehead atoms. The lowest BCUT2D eigenvalue weighted by molar-refractivity contribution is 0.397. The Morgan fingerprint density at radius 3 is 2.88 bits per heavy atom. The van der Waals surface area contributed by atoms with Gasteiger partial charge in [-0.05, 0) is 31.0 Å². The highest BCUT2D eigenvalue weighted by atomic mass is 32.2. The summed E-state index contributed by atoms with van der Waals surface area (Å²) in [7, 11) is 0. The average molecular weight is 253 g/mol. The first-order valence-corrected chi connectivity index (χ1v) is 6.59. The lowest BCUT2D eigenvalue weighted by Crippen LogP contribution is -2.32. The quantitative estimate of drug-likeness (QED) is 0.796. The first-order valence-electron chi connectivity index (χ1n) is 5.61. The lowest BCUT2D eigenvalue weighted by Gasteiger charge is -2.33. The third-order valence-electron chi connectivity index (χ3n) is 3.17. The van der Waals surface area contributed by atoms with Crippen molar-refractivity contribution < 1.29 is 4.39 Å². The van der Waals surface area contributed by atoms with Crippen LogP contribution in [0.1, 0.15) is 25.3 Å². The minimum Gasteiger partial charge on any atom is -0.399 e. The second-order valence-electron chi connectivity index (χ2n) is 4.17. The first-order chi connectivity index (χ1) is 8.07. The minimum absolute atomic E-state index is 0.260. The van der Waals surface area contributed by atoms with Crippen molar-refractivity contribution in [2.45, 2.75) is 25.3 Å². The summed E-state index contributed by atoms with van der Waals surface area (Å²) in [6.07, 6.45) is 1.50. The molecule has 0 unspecified atom stereocenters. The standard InChI is InChI=1S/C12H16FN3S/c1-2-12(5-6-17-11(15)16-12)9-7-8(14)3-4-10(9)13/h3-4,7H,2,5-6,14H2,1H3,(H2,15,16)/t12-/m0/s1. The van der Waals surface area contributed by atoms with Crippen molar-refractivity contribution in [3.8, 4) is 0 Å². The molecule has 1 aromatic carbocycles. The van der Waals surface area contributed by atoms with Gasteiger partial charge in [0.15, 0.2) is 5.17 Å². The molecule has 0 amide bonds. The zero-order chi connectivity index (χ0) is 12.5. The van der Waals surface area contributed by atoms with Gasteiger partial charge in [-0.2, -0.15) is 0 Å². The maximum Gasteiger partial charge on any atom is 0.154 e. The molecule has 4 N–H and O–H groups in total. The van der Waals surface area contributed by atoms with Crippen LogP contribution in [0.5, 0.6) is 0 Å². The third-order valence-corrected chi connectivity index (χ3v) is 3.96. The SMILES string of the molecule is CC[C@@]1(c2cc(N)ccc2F)CCSC(N)=N1. The van der Waals surface area contributed by atoms with E-state index in [2.05, 4.69) is 4.99 Å². The number of benzene rings is 1. The number of hydrogen-bond acceptors (Lipinski definition) is 4. The van der Waals surface area contributed by atoms with Crippen LogP contribution < -0.4 is 11.5 Å². The van der Waals surface area contributed by atoms with Crippen LogP contribution >= 0.6 is 11.8 Å². The summed E-state index contributed by atoms with van der Waals surface area (Å²) in [4.78, 5) is 4.47. The van der Waals surface area contributed by atoms with Crippen LogP contribution in [0.4, 0.5) is 10.1 Å². The van der Waals surface area contributed by atoms with E-state index in [0.717, 1.165) is 12.2 Å². The summed E-state index contributed by atoms with van der Waals surface area (Å²) >= 11 is 1.51. The third kappa shape index (κ3) is 2.24. The molecule has 0 radical (unpaired) electrons. The average Bonchev–Trinajstić information content (AvgIpc) is 2.32. The van der Waals surface area contributed by atoms with Gasteiger partial charge in [0, 0.05) is 17.0 Å². The predicted molar refractivity (Wildman–Crippen MR) is 71.5 cm³/mol. The summed E-state index contributed by atoms with van der Waals surface area (Å²) in [6.45, 7) is 2.00. The molecule has 1 heterocycles. The zero-order valence-electron chi connectivity index (χ0n) is 9.74. The maximum atomic E-state index is 13.9. The predicted octanol–water partition coefficient (Wildman–Crippen LogP) is 2.46. The number of nitrogens with zero attached hydrogens (tertiary/aromatic N) is 1. The highest BCUT2D eigenvalue weighted by Crippen LogP contribution is 2.40. The van der Waals surface area contributed by atoms with Crippen LogP contribution in [0.3, 0.4) is 0 Å². The van der Waals surface area contributed by atoms with Crippen molar-refractivity contribution >= 4 is 22.6 Å². The largest absolute Gasteiger partial charge is 0.399 e. The van der Waals surface area contributed by atoms with Gasteiger partial charge >= 0.3 is 0 Å². The molecule has 1 aliphatic heterocycles. The molecular weight excluding hydrogens is 237 g/mol. The zero-order valence-corrected chi connectivity index (χ0v) is 10.6. The molecule has 1 atom stereocenters. The van der Waals surface area contributed by atoms with Crippen molar-refractivity contribution in [3.63, 3.8) is 0 Å². The van der Waals surface area contributed by atoms with Crippen molar-refractivity contribution in [1.82, 2.24) is 0 Å². The van der Waals surface area contributed by atoms with Gasteiger partial charge < -0.3 is 11.5 Å². The van der Waals surface area contributed by atoms with E-state index in [1.807, 2.05) is 6.92 Å². The molecule has 0 spiro atoms. The molecule has 2 rings (SSSR count). The number of hydrogen-bond donors (Lipinski definition) is 2. The van der Waals surface area contributed by atoms with E-state index in [9.17, 15) is 4.39 Å². The van der Waals surface area contributed by atoms with Gasteiger partial charge in [-0.3, -0.25) is 4.99 Å². The van der Waals surface area contributed by atoms with Crippen molar-refractivity contribution in [2.75, 3.05) is 11.5 Å². The summed E-state index contributed by atoms with van der Waals surface area (Å²) < 4.78 is 13.9. The van der Waals surface area contributed by atoms with E-state index in [1.54, 1.807) is 12.1 Å². The molecule has 0 saturated heterocycles. The Labute approximate surface area is 104 Å². The second-order valence-corrected chi connectivity index (χ2v) is 5.29. The van der Waals surface area contributed by atoms with Gasteiger partial charge in [-0.15, -0.1) is 0 Å². The molecule has 5 heteroatoms. The number of nitrogens with two attached hydrogens (primary N) is 2. The molecule has 0 aliphatic carbocycles. The van der Waals surface area contributed by atoms with Gasteiger partial charge in [0.1, 0.15) is 5.82 Å². The van der Waals surface area contributed by atoms with Crippen molar-refractivity contribution in [3.05, 3.63) is 29.6 Å². The number of aliphatic imine (C=N–C) groups is 1. The van der Waals surface area contributed by atoms with Crippen molar-refractivity contribution in [2.24, 2.45) is 10.7 Å². The molecule has 0 aromatic heterocycles. The van der Waals surface area contributed by atoms with E-state index in [-0.39, 0.29) is 5.82 Å². The summed E-state index contributed by atoms with van der Waals surface area (Å²) in [5.74, 6) is 0.599. The molecule has 92 valence electrons. The van der Waals surface area contributed by atoms with Gasteiger partial charge in [0.2, 0.25) is 0 Å². The minimum atomic E-state index is -0.547. The van der Waals surface area contributed by atoms with Crippen LogP contribution in [0.15, 0.2) is 23.2 Å². The topological polar surface area (TPSA) is 64.4 Å². The van der Waals surface area contributed by atoms with Crippen LogP contribution in [0, 0.1) is 5.82 Å². The Bertz CT molecular complexity index is 461. The molecular formula is C12H16FN3S. The van der Waals surface area contributed by atoms with Gasteiger partial charge in [0.05, 0.1) is 5.54 Å². The van der Waals surface area contributed by atoms with E-state index >= 15 is 0 Å². The molecule has 17 heavy (non-hydrogen) atoms. The van der Waals surface area contributed by atoms with Crippen LogP contribution in [-0.2, 0) is 5.54 Å². The molecule has 3 nitrogen and oxygen atoms in total. The lowest BCUT2D eigenvalue weighted by atomic mass is 9.84. The number of rotatable bonds is 2. The molecule has 0 fully saturated rings. The fourth-order valence-corrected chi connectivity index (χ4v) is 3.05. The number of anilines is 1. The normalized spacial score (nSPS) is 24.5. The van der Waals surface area contributed by atoms with Gasteiger partial charge in [0.25, 0.3) is 0 Å². The molecule has 1 aromatic rings. The van der Waals surface area contributed by atoms with E-state index < -0.39 is 5.54 Å². The summed E-state index contributed by atoms with van der Waals surface area (Å²) in [5, 5.41) is 0.528. The summed E-state index contributed by atoms with van der Waals surface area (Å²) in [6, 6.07) is 4.63. The number of amidine groups is 1. The second kappa shape index (κ2) is 4.56. The monoisotopic (exact) mass is 253 g/mol. The Balaban J connectivity index is 2.54. The molecule has 0 saturated carbocycles. The van der Waals surface area contributed by atoms with E-state index in [4.69, 9.17) is 11.5 Å². The highest BCUT2D eigenvalue weighted by molar-refractivity contribution is 8.13. The maximum absolute atomic E-state index is 13.9. The van der Waals surface area contributed by atoms with E-state index in [1.165, 1.54) is 17.8 Å². The number of thioether (sulfide) groups is 1. The fourth-order valence-electron chi connectivity index (χ4n) is 2.16. The fraction of sp³-hybridized carbons (Fsp3) is 0.417. The first kappa shape index (κ1) is 12.2. The Morgan fingerprint density at radius 2 is 2.24 bits per heavy atom. The Kier molecular flexibility index (Phi) is 3.28. The number of nitrogen functional groups attached to an aromatic ring is 1. The molecule has 1 aliphatic rings. The highest BCUT2D eigenvalue weighted by Gasteiger charge is 2.35. The smallest absolute Gasteiger partial charge is 0.154 e. The van der Waals surface area contributed by atoms with Crippen LogP contribution in [0.25, 0.3) is 0 Å². The Hall–Kier alpha value is -1.23. The summed E-state index contributed by atoms with van der Waals surface area (Å²) in [5.41, 5.74) is 12.1. The Morgan fingerprint density at radius 1 is 1.47 bits per heavy atom. The van der Waals surface area contributed by atoms with Crippen molar-refractivity contribution in [1.29, 1.82) is 0 Å².